The van der Waals surface area contributed by atoms with Crippen molar-refractivity contribution in [3.05, 3.63) is 29.5 Å². The number of rotatable bonds is 5. The SMILES string of the molecule is CCNCCc1c(C)n(C)c2cc(OC)ccc12. The zero-order valence-electron chi connectivity index (χ0n) is 11.7. The Morgan fingerprint density at radius 2 is 2.11 bits per heavy atom. The quantitative estimate of drug-likeness (QED) is 0.821. The van der Waals surface area contributed by atoms with Crippen LogP contribution in [0.3, 0.4) is 0 Å². The van der Waals surface area contributed by atoms with Crippen LogP contribution in [-0.4, -0.2) is 24.8 Å². The van der Waals surface area contributed by atoms with Gasteiger partial charge in [-0.25, -0.2) is 0 Å². The maximum Gasteiger partial charge on any atom is 0.120 e. The smallest absolute Gasteiger partial charge is 0.120 e. The summed E-state index contributed by atoms with van der Waals surface area (Å²) in [7, 11) is 3.83. The van der Waals surface area contributed by atoms with Gasteiger partial charge in [-0.3, -0.25) is 0 Å². The maximum atomic E-state index is 5.30. The first-order chi connectivity index (χ1) is 8.69. The number of ether oxygens (including phenoxy) is 1. The monoisotopic (exact) mass is 246 g/mol. The third kappa shape index (κ3) is 2.23. The summed E-state index contributed by atoms with van der Waals surface area (Å²) < 4.78 is 7.55. The van der Waals surface area contributed by atoms with Gasteiger partial charge in [-0.2, -0.15) is 0 Å². The molecule has 98 valence electrons. The lowest BCUT2D eigenvalue weighted by Crippen LogP contribution is -2.16. The molecule has 0 aliphatic heterocycles. The van der Waals surface area contributed by atoms with E-state index in [4.69, 9.17) is 4.74 Å². The number of methoxy groups -OCH3 is 1. The van der Waals surface area contributed by atoms with Crippen LogP contribution in [-0.2, 0) is 13.5 Å². The van der Waals surface area contributed by atoms with Crippen LogP contribution >= 0.6 is 0 Å². The Balaban J connectivity index is 2.43. The molecule has 0 bridgehead atoms. The summed E-state index contributed by atoms with van der Waals surface area (Å²) in [4.78, 5) is 0. The van der Waals surface area contributed by atoms with Crippen molar-refractivity contribution in [1.82, 2.24) is 9.88 Å². The molecule has 0 aliphatic rings. The molecule has 1 heterocycles. The Bertz CT molecular complexity index is 543. The van der Waals surface area contributed by atoms with Crippen LogP contribution in [0.25, 0.3) is 10.9 Å². The molecule has 18 heavy (non-hydrogen) atoms. The minimum Gasteiger partial charge on any atom is -0.497 e. The predicted molar refractivity (Wildman–Crippen MR) is 76.5 cm³/mol. The molecule has 0 spiro atoms. The van der Waals surface area contributed by atoms with Gasteiger partial charge in [0, 0.05) is 24.2 Å². The number of benzene rings is 1. The van der Waals surface area contributed by atoms with E-state index < -0.39 is 0 Å². The van der Waals surface area contributed by atoms with Gasteiger partial charge in [-0.15, -0.1) is 0 Å². The van der Waals surface area contributed by atoms with Gasteiger partial charge in [0.2, 0.25) is 0 Å². The summed E-state index contributed by atoms with van der Waals surface area (Å²) in [5.74, 6) is 0.918. The third-order valence-electron chi connectivity index (χ3n) is 3.63. The van der Waals surface area contributed by atoms with Crippen LogP contribution in [0.4, 0.5) is 0 Å². The van der Waals surface area contributed by atoms with Gasteiger partial charge in [0.15, 0.2) is 0 Å². The fourth-order valence-electron chi connectivity index (χ4n) is 2.45. The lowest BCUT2D eigenvalue weighted by atomic mass is 10.1. The molecule has 3 nitrogen and oxygen atoms in total. The average Bonchev–Trinajstić information content (AvgIpc) is 2.63. The van der Waals surface area contributed by atoms with Gasteiger partial charge in [-0.05, 0) is 44.1 Å². The number of hydrogen-bond donors (Lipinski definition) is 1. The van der Waals surface area contributed by atoms with Crippen molar-refractivity contribution < 1.29 is 4.74 Å². The molecular weight excluding hydrogens is 224 g/mol. The van der Waals surface area contributed by atoms with E-state index in [0.29, 0.717) is 0 Å². The van der Waals surface area contributed by atoms with E-state index in [1.165, 1.54) is 22.2 Å². The third-order valence-corrected chi connectivity index (χ3v) is 3.63. The Morgan fingerprint density at radius 1 is 1.33 bits per heavy atom. The first-order valence-electron chi connectivity index (χ1n) is 6.51. The summed E-state index contributed by atoms with van der Waals surface area (Å²) in [5.41, 5.74) is 4.03. The predicted octanol–water partition coefficient (Wildman–Crippen LogP) is 2.65. The lowest BCUT2D eigenvalue weighted by Gasteiger charge is -2.03. The van der Waals surface area contributed by atoms with Crippen LogP contribution in [0.1, 0.15) is 18.2 Å². The highest BCUT2D eigenvalue weighted by molar-refractivity contribution is 5.86. The second kappa shape index (κ2) is 5.44. The van der Waals surface area contributed by atoms with Crippen LogP contribution in [0.5, 0.6) is 5.75 Å². The van der Waals surface area contributed by atoms with Crippen molar-refractivity contribution in [2.45, 2.75) is 20.3 Å². The number of aryl methyl sites for hydroxylation is 1. The van der Waals surface area contributed by atoms with Crippen LogP contribution in [0, 0.1) is 6.92 Å². The molecule has 1 N–H and O–H groups in total. The highest BCUT2D eigenvalue weighted by Crippen LogP contribution is 2.28. The largest absolute Gasteiger partial charge is 0.497 e. The molecule has 0 fully saturated rings. The minimum atomic E-state index is 0.918. The summed E-state index contributed by atoms with van der Waals surface area (Å²) >= 11 is 0. The van der Waals surface area contributed by atoms with Gasteiger partial charge in [0.25, 0.3) is 0 Å². The van der Waals surface area contributed by atoms with E-state index >= 15 is 0 Å². The molecule has 0 radical (unpaired) electrons. The number of nitrogens with one attached hydrogen (secondary N) is 1. The summed E-state index contributed by atoms with van der Waals surface area (Å²) in [5, 5.41) is 4.73. The Kier molecular flexibility index (Phi) is 3.92. The molecule has 0 amide bonds. The van der Waals surface area contributed by atoms with Gasteiger partial charge in [-0.1, -0.05) is 6.92 Å². The first kappa shape index (κ1) is 13.0. The number of nitrogens with zero attached hydrogens (tertiary/aromatic N) is 1. The molecule has 0 aliphatic carbocycles. The second-order valence-electron chi connectivity index (χ2n) is 4.61. The van der Waals surface area contributed by atoms with Crippen molar-refractivity contribution >= 4 is 10.9 Å². The van der Waals surface area contributed by atoms with Crippen molar-refractivity contribution in [3.63, 3.8) is 0 Å². The van der Waals surface area contributed by atoms with E-state index in [2.05, 4.69) is 42.9 Å². The topological polar surface area (TPSA) is 26.2 Å². The first-order valence-corrected chi connectivity index (χ1v) is 6.51. The van der Waals surface area contributed by atoms with Gasteiger partial charge in [0.1, 0.15) is 5.75 Å². The van der Waals surface area contributed by atoms with E-state index in [0.717, 1.165) is 25.3 Å². The molecule has 2 aromatic rings. The Morgan fingerprint density at radius 3 is 2.78 bits per heavy atom. The van der Waals surface area contributed by atoms with Gasteiger partial charge < -0.3 is 14.6 Å². The average molecular weight is 246 g/mol. The van der Waals surface area contributed by atoms with Crippen molar-refractivity contribution in [3.8, 4) is 5.75 Å². The molecule has 3 heteroatoms. The lowest BCUT2D eigenvalue weighted by molar-refractivity contribution is 0.415. The highest BCUT2D eigenvalue weighted by atomic mass is 16.5. The van der Waals surface area contributed by atoms with E-state index in [1.54, 1.807) is 7.11 Å². The Labute approximate surface area is 109 Å². The summed E-state index contributed by atoms with van der Waals surface area (Å²) in [6.07, 6.45) is 1.07. The van der Waals surface area contributed by atoms with Crippen LogP contribution in [0.2, 0.25) is 0 Å². The maximum absolute atomic E-state index is 5.30. The fraction of sp³-hybridized carbons (Fsp3) is 0.467. The second-order valence-corrected chi connectivity index (χ2v) is 4.61. The highest BCUT2D eigenvalue weighted by Gasteiger charge is 2.11. The number of likely N-dealkylation sites (N-methyl/N-ethyl adjacent to an activating group) is 1. The van der Waals surface area contributed by atoms with Gasteiger partial charge >= 0.3 is 0 Å². The zero-order chi connectivity index (χ0) is 13.1. The molecular formula is C15H22N2O. The van der Waals surface area contributed by atoms with Crippen LogP contribution in [0.15, 0.2) is 18.2 Å². The number of aromatic nitrogens is 1. The number of hydrogen-bond acceptors (Lipinski definition) is 2. The van der Waals surface area contributed by atoms with Crippen molar-refractivity contribution in [2.75, 3.05) is 20.2 Å². The molecule has 0 saturated carbocycles. The fourth-order valence-corrected chi connectivity index (χ4v) is 2.45. The van der Waals surface area contributed by atoms with Gasteiger partial charge in [0.05, 0.1) is 12.6 Å². The normalized spacial score (nSPS) is 11.1. The van der Waals surface area contributed by atoms with E-state index in [1.807, 2.05) is 6.07 Å². The van der Waals surface area contributed by atoms with E-state index in [-0.39, 0.29) is 0 Å². The minimum absolute atomic E-state index is 0.918. The molecule has 0 saturated heterocycles. The van der Waals surface area contributed by atoms with Crippen LogP contribution < -0.4 is 10.1 Å². The molecule has 2 rings (SSSR count). The Hall–Kier alpha value is -1.48. The number of fused-ring (bicyclic) bond motifs is 1. The zero-order valence-corrected chi connectivity index (χ0v) is 11.7. The summed E-state index contributed by atoms with van der Waals surface area (Å²) in [6, 6.07) is 6.32. The molecule has 1 aromatic carbocycles. The van der Waals surface area contributed by atoms with Crippen molar-refractivity contribution in [1.29, 1.82) is 0 Å². The standard InChI is InChI=1S/C15H22N2O/c1-5-16-9-8-13-11(2)17(3)15-10-12(18-4)6-7-14(13)15/h6-7,10,16H,5,8-9H2,1-4H3. The van der Waals surface area contributed by atoms with Crippen molar-refractivity contribution in [2.24, 2.45) is 7.05 Å². The molecule has 1 aromatic heterocycles. The molecule has 0 atom stereocenters. The molecule has 0 unspecified atom stereocenters. The summed E-state index contributed by atoms with van der Waals surface area (Å²) in [6.45, 7) is 6.38. The van der Waals surface area contributed by atoms with E-state index in [9.17, 15) is 0 Å².